The number of likely N-dealkylation sites (N-methyl/N-ethyl adjacent to an activating group) is 1. The van der Waals surface area contributed by atoms with E-state index in [1.807, 2.05) is 0 Å². The first-order valence-electron chi connectivity index (χ1n) is 6.62. The Hall–Kier alpha value is -0.130. The van der Waals surface area contributed by atoms with Crippen LogP contribution in [0, 0.1) is 0 Å². The van der Waals surface area contributed by atoms with Crippen LogP contribution in [-0.4, -0.2) is 50.5 Å². The number of rotatable bonds is 6. The summed E-state index contributed by atoms with van der Waals surface area (Å²) in [6.45, 7) is 2.54. The second kappa shape index (κ2) is 6.71. The molecule has 2 atom stereocenters. The molecule has 0 bridgehead atoms. The number of nitrogens with two attached hydrogens (primary N) is 1. The first-order valence-corrected chi connectivity index (χ1v) is 8.44. The lowest BCUT2D eigenvalue weighted by Crippen LogP contribution is -2.48. The highest BCUT2D eigenvalue weighted by Crippen LogP contribution is 2.21. The van der Waals surface area contributed by atoms with Crippen molar-refractivity contribution >= 4 is 9.84 Å². The lowest BCUT2D eigenvalue weighted by molar-refractivity contribution is 0.169. The molecule has 0 spiro atoms. The van der Waals surface area contributed by atoms with Gasteiger partial charge in [-0.05, 0) is 32.9 Å². The van der Waals surface area contributed by atoms with Crippen molar-refractivity contribution in [2.45, 2.75) is 51.1 Å². The minimum absolute atomic E-state index is 0.250. The molecule has 1 aliphatic rings. The predicted octanol–water partition coefficient (Wildman–Crippen LogP) is 1.01. The van der Waals surface area contributed by atoms with Gasteiger partial charge in [0.2, 0.25) is 0 Å². The molecule has 17 heavy (non-hydrogen) atoms. The summed E-state index contributed by atoms with van der Waals surface area (Å²) >= 11 is 0. The lowest BCUT2D eigenvalue weighted by Gasteiger charge is -2.36. The summed E-state index contributed by atoms with van der Waals surface area (Å²) < 4.78 is 22.8. The van der Waals surface area contributed by atoms with Gasteiger partial charge in [-0.2, -0.15) is 0 Å². The van der Waals surface area contributed by atoms with E-state index in [9.17, 15) is 8.42 Å². The Bertz CT molecular complexity index is 316. The van der Waals surface area contributed by atoms with Crippen molar-refractivity contribution in [3.05, 3.63) is 0 Å². The highest BCUT2D eigenvalue weighted by atomic mass is 32.2. The average molecular weight is 262 g/mol. The van der Waals surface area contributed by atoms with Gasteiger partial charge in [-0.25, -0.2) is 8.42 Å². The number of hydrogen-bond acceptors (Lipinski definition) is 4. The van der Waals surface area contributed by atoms with Gasteiger partial charge in [0.15, 0.2) is 0 Å². The number of nitrogens with zero attached hydrogens (tertiary/aromatic N) is 1. The molecular weight excluding hydrogens is 236 g/mol. The molecule has 2 unspecified atom stereocenters. The molecule has 1 rings (SSSR count). The summed E-state index contributed by atoms with van der Waals surface area (Å²) in [6.07, 6.45) is 5.45. The third-order valence-electron chi connectivity index (χ3n) is 3.75. The molecule has 1 saturated carbocycles. The fourth-order valence-electron chi connectivity index (χ4n) is 2.53. The molecule has 0 aromatic carbocycles. The second-order valence-corrected chi connectivity index (χ2v) is 7.56. The van der Waals surface area contributed by atoms with Gasteiger partial charge in [0.05, 0.1) is 5.75 Å². The van der Waals surface area contributed by atoms with E-state index in [0.717, 1.165) is 25.8 Å². The van der Waals surface area contributed by atoms with E-state index in [1.54, 1.807) is 6.92 Å². The van der Waals surface area contributed by atoms with Gasteiger partial charge in [-0.3, -0.25) is 0 Å². The molecule has 0 aliphatic heterocycles. The van der Waals surface area contributed by atoms with Crippen molar-refractivity contribution < 1.29 is 8.42 Å². The van der Waals surface area contributed by atoms with Crippen LogP contribution in [0.2, 0.25) is 0 Å². The van der Waals surface area contributed by atoms with Gasteiger partial charge < -0.3 is 10.6 Å². The molecule has 0 aromatic heterocycles. The van der Waals surface area contributed by atoms with Crippen LogP contribution in [0.25, 0.3) is 0 Å². The van der Waals surface area contributed by atoms with Crippen LogP contribution in [0.5, 0.6) is 0 Å². The minimum Gasteiger partial charge on any atom is -0.326 e. The van der Waals surface area contributed by atoms with Crippen molar-refractivity contribution in [3.8, 4) is 0 Å². The molecule has 2 N–H and O–H groups in total. The van der Waals surface area contributed by atoms with Crippen LogP contribution in [0.15, 0.2) is 0 Å². The van der Waals surface area contributed by atoms with E-state index >= 15 is 0 Å². The molecule has 4 nitrogen and oxygen atoms in total. The Morgan fingerprint density at radius 1 is 1.29 bits per heavy atom. The van der Waals surface area contributed by atoms with Crippen molar-refractivity contribution in [3.63, 3.8) is 0 Å². The molecule has 102 valence electrons. The molecule has 0 heterocycles. The molecule has 1 fully saturated rings. The Morgan fingerprint density at radius 2 is 1.94 bits per heavy atom. The average Bonchev–Trinajstić information content (AvgIpc) is 2.29. The van der Waals surface area contributed by atoms with E-state index in [2.05, 4.69) is 11.9 Å². The van der Waals surface area contributed by atoms with E-state index < -0.39 is 9.84 Å². The molecule has 0 aromatic rings. The third kappa shape index (κ3) is 4.94. The Balaban J connectivity index is 2.31. The van der Waals surface area contributed by atoms with Crippen molar-refractivity contribution in [2.24, 2.45) is 5.73 Å². The van der Waals surface area contributed by atoms with Gasteiger partial charge in [-0.1, -0.05) is 19.8 Å². The fourth-order valence-corrected chi connectivity index (χ4v) is 3.39. The van der Waals surface area contributed by atoms with Crippen LogP contribution in [0.1, 0.15) is 39.0 Å². The molecular formula is C12H26N2O2S. The summed E-state index contributed by atoms with van der Waals surface area (Å²) in [7, 11) is -0.753. The van der Waals surface area contributed by atoms with E-state index in [0.29, 0.717) is 11.8 Å². The smallest absolute Gasteiger partial charge is 0.150 e. The fraction of sp³-hybridized carbons (Fsp3) is 1.00. The molecule has 0 radical (unpaired) electrons. The van der Waals surface area contributed by atoms with Gasteiger partial charge in [-0.15, -0.1) is 0 Å². The van der Waals surface area contributed by atoms with Crippen molar-refractivity contribution in [2.75, 3.05) is 25.1 Å². The predicted molar refractivity (Wildman–Crippen MR) is 71.8 cm³/mol. The van der Waals surface area contributed by atoms with Crippen LogP contribution in [-0.2, 0) is 9.84 Å². The summed E-state index contributed by atoms with van der Waals surface area (Å²) in [4.78, 5) is 2.25. The first-order chi connectivity index (χ1) is 7.96. The van der Waals surface area contributed by atoms with Crippen LogP contribution < -0.4 is 5.73 Å². The summed E-state index contributed by atoms with van der Waals surface area (Å²) in [5, 5.41) is 0. The zero-order valence-corrected chi connectivity index (χ0v) is 11.9. The maximum absolute atomic E-state index is 11.4. The zero-order valence-electron chi connectivity index (χ0n) is 11.1. The standard InChI is InChI=1S/C12H26N2O2S/c1-3-17(15,16)10-6-9-14(2)12-8-5-4-7-11(12)13/h11-12H,3-10,13H2,1-2H3. The van der Waals surface area contributed by atoms with Gasteiger partial charge >= 0.3 is 0 Å². The summed E-state index contributed by atoms with van der Waals surface area (Å²) in [5.74, 6) is 0.551. The number of hydrogen-bond donors (Lipinski definition) is 1. The minimum atomic E-state index is -2.82. The van der Waals surface area contributed by atoms with E-state index in [4.69, 9.17) is 5.73 Å². The highest BCUT2D eigenvalue weighted by molar-refractivity contribution is 7.91. The van der Waals surface area contributed by atoms with Crippen LogP contribution in [0.3, 0.4) is 0 Å². The molecule has 0 amide bonds. The maximum atomic E-state index is 11.4. The van der Waals surface area contributed by atoms with Gasteiger partial charge in [0, 0.05) is 17.8 Å². The lowest BCUT2D eigenvalue weighted by atomic mass is 9.90. The number of sulfone groups is 1. The zero-order chi connectivity index (χ0) is 12.9. The Kier molecular flexibility index (Phi) is 5.89. The monoisotopic (exact) mass is 262 g/mol. The molecule has 1 aliphatic carbocycles. The maximum Gasteiger partial charge on any atom is 0.150 e. The molecule has 0 saturated heterocycles. The van der Waals surface area contributed by atoms with Crippen LogP contribution >= 0.6 is 0 Å². The summed E-state index contributed by atoms with van der Waals surface area (Å²) in [6, 6.07) is 0.699. The van der Waals surface area contributed by atoms with Crippen molar-refractivity contribution in [1.82, 2.24) is 4.90 Å². The highest BCUT2D eigenvalue weighted by Gasteiger charge is 2.25. The largest absolute Gasteiger partial charge is 0.326 e. The summed E-state index contributed by atoms with van der Waals surface area (Å²) in [5.41, 5.74) is 6.10. The first kappa shape index (κ1) is 14.9. The Labute approximate surface area is 105 Å². The van der Waals surface area contributed by atoms with Crippen molar-refractivity contribution in [1.29, 1.82) is 0 Å². The van der Waals surface area contributed by atoms with E-state index in [-0.39, 0.29) is 11.8 Å². The van der Waals surface area contributed by atoms with E-state index in [1.165, 1.54) is 12.8 Å². The topological polar surface area (TPSA) is 63.4 Å². The van der Waals surface area contributed by atoms with Gasteiger partial charge in [0.25, 0.3) is 0 Å². The normalized spacial score (nSPS) is 26.4. The molecule has 5 heteroatoms. The Morgan fingerprint density at radius 3 is 2.53 bits per heavy atom. The quantitative estimate of drug-likeness (QED) is 0.776. The van der Waals surface area contributed by atoms with Crippen LogP contribution in [0.4, 0.5) is 0 Å². The van der Waals surface area contributed by atoms with Gasteiger partial charge in [0.1, 0.15) is 9.84 Å². The second-order valence-electron chi connectivity index (χ2n) is 5.09. The third-order valence-corrected chi connectivity index (χ3v) is 5.54. The SMILES string of the molecule is CCS(=O)(=O)CCCN(C)C1CCCCC1N.